The highest BCUT2D eigenvalue weighted by atomic mass is 16.3. The lowest BCUT2D eigenvalue weighted by Gasteiger charge is -2.38. The zero-order chi connectivity index (χ0) is 20.1. The Bertz CT molecular complexity index is 920. The normalized spacial score (nSPS) is 19.8. The van der Waals surface area contributed by atoms with Crippen molar-refractivity contribution in [2.24, 2.45) is 0 Å². The molecule has 29 heavy (non-hydrogen) atoms. The highest BCUT2D eigenvalue weighted by Gasteiger charge is 2.41. The van der Waals surface area contributed by atoms with Gasteiger partial charge in [-0.05, 0) is 48.8 Å². The third-order valence-electron chi connectivity index (χ3n) is 5.76. The fourth-order valence-corrected chi connectivity index (χ4v) is 4.19. The van der Waals surface area contributed by atoms with Gasteiger partial charge in [-0.2, -0.15) is 0 Å². The molecule has 1 aromatic heterocycles. The van der Waals surface area contributed by atoms with Gasteiger partial charge in [0.2, 0.25) is 0 Å². The first-order chi connectivity index (χ1) is 14.1. The summed E-state index contributed by atoms with van der Waals surface area (Å²) in [5, 5.41) is 15.4. The molecule has 4 rings (SSSR count). The van der Waals surface area contributed by atoms with E-state index in [1.165, 1.54) is 10.9 Å². The molecule has 1 aliphatic heterocycles. The van der Waals surface area contributed by atoms with Crippen LogP contribution in [0.25, 0.3) is 10.9 Å². The van der Waals surface area contributed by atoms with Crippen molar-refractivity contribution in [1.82, 2.24) is 15.2 Å². The molecule has 152 valence electrons. The number of benzene rings is 2. The number of aliphatic hydroxyl groups is 1. The molecule has 5 heteroatoms. The second kappa shape index (κ2) is 8.80. The minimum absolute atomic E-state index is 0.138. The van der Waals surface area contributed by atoms with E-state index in [4.69, 9.17) is 0 Å². The molecule has 2 aromatic carbocycles. The van der Waals surface area contributed by atoms with Gasteiger partial charge in [0.15, 0.2) is 5.60 Å². The van der Waals surface area contributed by atoms with Crippen molar-refractivity contribution in [3.63, 3.8) is 0 Å². The van der Waals surface area contributed by atoms with Crippen molar-refractivity contribution >= 4 is 16.8 Å². The quantitative estimate of drug-likeness (QED) is 0.552. The summed E-state index contributed by atoms with van der Waals surface area (Å²) < 4.78 is 0. The Hall–Kier alpha value is -2.63. The van der Waals surface area contributed by atoms with Crippen LogP contribution in [0.3, 0.4) is 0 Å². The van der Waals surface area contributed by atoms with Gasteiger partial charge in [0, 0.05) is 37.4 Å². The average molecular weight is 392 g/mol. The number of nitrogens with one attached hydrogen (secondary N) is 2. The summed E-state index contributed by atoms with van der Waals surface area (Å²) in [5.74, 6) is -0.138. The summed E-state index contributed by atoms with van der Waals surface area (Å²) in [4.78, 5) is 18.1. The van der Waals surface area contributed by atoms with Crippen molar-refractivity contribution in [2.75, 3.05) is 19.6 Å². The Labute approximate surface area is 171 Å². The molecular weight excluding hydrogens is 362 g/mol. The van der Waals surface area contributed by atoms with Crippen molar-refractivity contribution in [3.8, 4) is 0 Å². The van der Waals surface area contributed by atoms with Crippen LogP contribution in [0.4, 0.5) is 0 Å². The van der Waals surface area contributed by atoms with Crippen LogP contribution in [-0.2, 0) is 17.8 Å². The molecule has 1 saturated heterocycles. The van der Waals surface area contributed by atoms with Gasteiger partial charge in [0.25, 0.3) is 5.91 Å². The molecule has 3 aromatic rings. The highest BCUT2D eigenvalue weighted by Crippen LogP contribution is 2.23. The Morgan fingerprint density at radius 2 is 1.90 bits per heavy atom. The van der Waals surface area contributed by atoms with E-state index in [2.05, 4.69) is 34.6 Å². The van der Waals surface area contributed by atoms with Crippen LogP contribution in [0.2, 0.25) is 0 Å². The Morgan fingerprint density at radius 3 is 2.72 bits per heavy atom. The molecule has 1 fully saturated rings. The number of aromatic amines is 1. The highest BCUT2D eigenvalue weighted by molar-refractivity contribution is 5.86. The van der Waals surface area contributed by atoms with E-state index >= 15 is 0 Å². The zero-order valence-electron chi connectivity index (χ0n) is 16.7. The van der Waals surface area contributed by atoms with Crippen LogP contribution in [0.5, 0.6) is 0 Å². The van der Waals surface area contributed by atoms with Gasteiger partial charge in [-0.1, -0.05) is 48.5 Å². The van der Waals surface area contributed by atoms with E-state index in [1.807, 2.05) is 41.3 Å². The minimum atomic E-state index is -1.31. The molecule has 1 amide bonds. The summed E-state index contributed by atoms with van der Waals surface area (Å²) in [6.07, 6.45) is 3.21. The number of likely N-dealkylation sites (tertiary alicyclic amines) is 1. The maximum absolute atomic E-state index is 12.9. The van der Waals surface area contributed by atoms with Gasteiger partial charge >= 0.3 is 0 Å². The third-order valence-corrected chi connectivity index (χ3v) is 5.76. The minimum Gasteiger partial charge on any atom is -0.379 e. The average Bonchev–Trinajstić information content (AvgIpc) is 3.15. The number of piperidine rings is 1. The van der Waals surface area contributed by atoms with E-state index in [1.54, 1.807) is 0 Å². The standard InChI is InChI=1S/C24H29N3O2/c28-23-24(29,18-25-17-21-16-20-11-4-5-12-22(20)26-21)13-7-15-27(23)14-6-10-19-8-2-1-3-9-19/h1-5,8-9,11-12,16,25-26,29H,6-7,10,13-15,17-18H2/t24-/m0/s1. The van der Waals surface area contributed by atoms with E-state index in [9.17, 15) is 9.90 Å². The topological polar surface area (TPSA) is 68.4 Å². The van der Waals surface area contributed by atoms with Gasteiger partial charge in [0.1, 0.15) is 0 Å². The number of aryl methyl sites for hydroxylation is 1. The van der Waals surface area contributed by atoms with E-state index in [0.717, 1.165) is 37.0 Å². The first-order valence-electron chi connectivity index (χ1n) is 10.5. The molecule has 2 heterocycles. The number of hydrogen-bond donors (Lipinski definition) is 3. The van der Waals surface area contributed by atoms with Crippen LogP contribution in [0.15, 0.2) is 60.7 Å². The molecule has 0 radical (unpaired) electrons. The van der Waals surface area contributed by atoms with Crippen molar-refractivity contribution in [2.45, 2.75) is 37.8 Å². The molecule has 0 spiro atoms. The molecule has 5 nitrogen and oxygen atoms in total. The van der Waals surface area contributed by atoms with Crippen LogP contribution in [0.1, 0.15) is 30.5 Å². The fourth-order valence-electron chi connectivity index (χ4n) is 4.19. The number of rotatable bonds is 8. The first kappa shape index (κ1) is 19.7. The number of para-hydroxylation sites is 1. The number of hydrogen-bond acceptors (Lipinski definition) is 3. The number of H-pyrrole nitrogens is 1. The predicted molar refractivity (Wildman–Crippen MR) is 116 cm³/mol. The number of carbonyl (C=O) groups excluding carboxylic acids is 1. The van der Waals surface area contributed by atoms with Gasteiger partial charge in [0.05, 0.1) is 0 Å². The Balaban J connectivity index is 1.28. The number of amides is 1. The summed E-state index contributed by atoms with van der Waals surface area (Å²) >= 11 is 0. The second-order valence-electron chi connectivity index (χ2n) is 8.00. The maximum atomic E-state index is 12.9. The number of aromatic nitrogens is 1. The number of carbonyl (C=O) groups is 1. The van der Waals surface area contributed by atoms with Gasteiger partial charge in [-0.25, -0.2) is 0 Å². The zero-order valence-corrected chi connectivity index (χ0v) is 16.7. The van der Waals surface area contributed by atoms with Crippen molar-refractivity contribution in [3.05, 3.63) is 71.9 Å². The molecule has 0 bridgehead atoms. The number of nitrogens with zero attached hydrogens (tertiary/aromatic N) is 1. The van der Waals surface area contributed by atoms with Crippen LogP contribution in [0, 0.1) is 0 Å². The van der Waals surface area contributed by atoms with Gasteiger partial charge < -0.3 is 20.3 Å². The monoisotopic (exact) mass is 391 g/mol. The molecule has 0 aliphatic carbocycles. The molecule has 1 aliphatic rings. The Morgan fingerprint density at radius 1 is 1.10 bits per heavy atom. The number of fused-ring (bicyclic) bond motifs is 1. The Kier molecular flexibility index (Phi) is 5.97. The maximum Gasteiger partial charge on any atom is 0.255 e. The first-order valence-corrected chi connectivity index (χ1v) is 10.5. The predicted octanol–water partition coefficient (Wildman–Crippen LogP) is 3.24. The molecule has 3 N–H and O–H groups in total. The van der Waals surface area contributed by atoms with Crippen LogP contribution in [-0.4, -0.2) is 46.1 Å². The third kappa shape index (κ3) is 4.69. The van der Waals surface area contributed by atoms with E-state index < -0.39 is 5.60 Å². The summed E-state index contributed by atoms with van der Waals surface area (Å²) in [7, 11) is 0. The lowest BCUT2D eigenvalue weighted by atomic mass is 9.91. The lowest BCUT2D eigenvalue weighted by molar-refractivity contribution is -0.156. The largest absolute Gasteiger partial charge is 0.379 e. The van der Waals surface area contributed by atoms with E-state index in [0.29, 0.717) is 19.5 Å². The van der Waals surface area contributed by atoms with Gasteiger partial charge in [-0.3, -0.25) is 4.79 Å². The fraction of sp³-hybridized carbons (Fsp3) is 0.375. The van der Waals surface area contributed by atoms with Crippen molar-refractivity contribution < 1.29 is 9.90 Å². The van der Waals surface area contributed by atoms with E-state index in [-0.39, 0.29) is 12.5 Å². The summed E-state index contributed by atoms with van der Waals surface area (Å²) in [6, 6.07) is 20.6. The second-order valence-corrected chi connectivity index (χ2v) is 8.00. The smallest absolute Gasteiger partial charge is 0.255 e. The summed E-state index contributed by atoms with van der Waals surface area (Å²) in [5.41, 5.74) is 2.13. The summed E-state index contributed by atoms with van der Waals surface area (Å²) in [6.45, 7) is 2.30. The van der Waals surface area contributed by atoms with Crippen LogP contribution >= 0.6 is 0 Å². The van der Waals surface area contributed by atoms with Crippen molar-refractivity contribution in [1.29, 1.82) is 0 Å². The van der Waals surface area contributed by atoms with Gasteiger partial charge in [-0.15, -0.1) is 0 Å². The molecule has 0 saturated carbocycles. The molecular formula is C24H29N3O2. The SMILES string of the molecule is O=C1N(CCCc2ccccc2)CCC[C@]1(O)CNCc1cc2ccccc2[nH]1. The lowest BCUT2D eigenvalue weighted by Crippen LogP contribution is -2.58. The molecule has 0 unspecified atom stereocenters. The van der Waals surface area contributed by atoms with Crippen LogP contribution < -0.4 is 5.32 Å². The molecule has 1 atom stereocenters.